The van der Waals surface area contributed by atoms with Gasteiger partial charge in [0.05, 0.1) is 5.52 Å². The molecule has 6 nitrogen and oxygen atoms in total. The van der Waals surface area contributed by atoms with E-state index in [1.807, 2.05) is 48.2 Å². The predicted molar refractivity (Wildman–Crippen MR) is 112 cm³/mol. The lowest BCUT2D eigenvalue weighted by atomic mass is 10.2. The molecule has 0 unspecified atom stereocenters. The van der Waals surface area contributed by atoms with Crippen molar-refractivity contribution < 1.29 is 4.79 Å². The molecule has 0 aliphatic heterocycles. The predicted octanol–water partition coefficient (Wildman–Crippen LogP) is 2.92. The summed E-state index contributed by atoms with van der Waals surface area (Å²) in [6.07, 6.45) is 2.10. The maximum absolute atomic E-state index is 12.8. The monoisotopic (exact) mass is 386 g/mol. The van der Waals surface area contributed by atoms with E-state index in [1.54, 1.807) is 0 Å². The number of carbonyl (C=O) groups excluding carboxylic acids is 1. The lowest BCUT2D eigenvalue weighted by molar-refractivity contribution is -0.121. The van der Waals surface area contributed by atoms with E-state index in [-0.39, 0.29) is 18.0 Å². The van der Waals surface area contributed by atoms with E-state index >= 15 is 0 Å². The third-order valence-corrected chi connectivity index (χ3v) is 5.70. The van der Waals surface area contributed by atoms with Crippen LogP contribution in [0.25, 0.3) is 16.4 Å². The van der Waals surface area contributed by atoms with Gasteiger partial charge in [-0.3, -0.25) is 14.0 Å². The number of nitrogens with one attached hydrogen (secondary N) is 1. The summed E-state index contributed by atoms with van der Waals surface area (Å²) in [6, 6.07) is 7.94. The fourth-order valence-electron chi connectivity index (χ4n) is 3.19. The first-order chi connectivity index (χ1) is 13.0. The Morgan fingerprint density at radius 3 is 2.78 bits per heavy atom. The molecule has 3 rings (SSSR count). The highest BCUT2D eigenvalue weighted by Gasteiger charge is 2.14. The van der Waals surface area contributed by atoms with Gasteiger partial charge in [0.15, 0.2) is 0 Å². The number of aryl methyl sites for hydroxylation is 2. The Morgan fingerprint density at radius 1 is 1.19 bits per heavy atom. The summed E-state index contributed by atoms with van der Waals surface area (Å²) in [6.45, 7) is 6.60. The SMILES string of the molecule is CCCSCCCNC(=O)Cn1nc(C)n2c(cc3cc(C)ccc32)c1=O. The van der Waals surface area contributed by atoms with Crippen LogP contribution < -0.4 is 10.9 Å². The van der Waals surface area contributed by atoms with E-state index in [9.17, 15) is 9.59 Å². The van der Waals surface area contributed by atoms with Gasteiger partial charge in [0, 0.05) is 11.9 Å². The molecule has 3 aromatic rings. The number of amides is 1. The van der Waals surface area contributed by atoms with Crippen molar-refractivity contribution in [2.45, 2.75) is 40.2 Å². The highest BCUT2D eigenvalue weighted by Crippen LogP contribution is 2.20. The second kappa shape index (κ2) is 8.61. The van der Waals surface area contributed by atoms with Crippen LogP contribution >= 0.6 is 11.8 Å². The molecule has 0 saturated heterocycles. The molecule has 0 aliphatic rings. The molecule has 0 saturated carbocycles. The average Bonchev–Trinajstić information content (AvgIpc) is 3.01. The highest BCUT2D eigenvalue weighted by atomic mass is 32.2. The normalized spacial score (nSPS) is 11.4. The Bertz CT molecular complexity index is 1020. The highest BCUT2D eigenvalue weighted by molar-refractivity contribution is 7.99. The van der Waals surface area contributed by atoms with E-state index in [0.29, 0.717) is 17.9 Å². The number of nitrogens with zero attached hydrogens (tertiary/aromatic N) is 3. The molecule has 0 radical (unpaired) electrons. The summed E-state index contributed by atoms with van der Waals surface area (Å²) in [4.78, 5) is 25.0. The summed E-state index contributed by atoms with van der Waals surface area (Å²) in [5.41, 5.74) is 2.40. The van der Waals surface area contributed by atoms with Crippen LogP contribution in [0.2, 0.25) is 0 Å². The van der Waals surface area contributed by atoms with Crippen LogP contribution in [0.5, 0.6) is 0 Å². The number of benzene rings is 1. The van der Waals surface area contributed by atoms with Gasteiger partial charge in [0.2, 0.25) is 5.91 Å². The van der Waals surface area contributed by atoms with Crippen LogP contribution in [0.3, 0.4) is 0 Å². The minimum atomic E-state index is -0.247. The number of thioether (sulfide) groups is 1. The first-order valence-corrected chi connectivity index (χ1v) is 10.5. The quantitative estimate of drug-likeness (QED) is 0.605. The zero-order chi connectivity index (χ0) is 19.4. The van der Waals surface area contributed by atoms with Crippen molar-refractivity contribution >= 4 is 34.1 Å². The summed E-state index contributed by atoms with van der Waals surface area (Å²) >= 11 is 1.90. The second-order valence-electron chi connectivity index (χ2n) is 6.75. The fraction of sp³-hybridized carbons (Fsp3) is 0.450. The fourth-order valence-corrected chi connectivity index (χ4v) is 4.03. The van der Waals surface area contributed by atoms with Crippen molar-refractivity contribution in [2.75, 3.05) is 18.1 Å². The molecule has 144 valence electrons. The first-order valence-electron chi connectivity index (χ1n) is 9.35. The molecular formula is C20H26N4O2S. The standard InChI is InChI=1S/C20H26N4O2S/c1-4-9-27-10-5-8-21-19(25)13-23-20(26)18-12-16-11-14(2)6-7-17(16)24(18)15(3)22-23/h6-7,11-12H,4-5,8-10,13H2,1-3H3,(H,21,25). The topological polar surface area (TPSA) is 68.4 Å². The van der Waals surface area contributed by atoms with Crippen LogP contribution in [0.1, 0.15) is 31.2 Å². The third-order valence-electron chi connectivity index (χ3n) is 4.43. The molecule has 2 aromatic heterocycles. The molecule has 1 amide bonds. The number of aromatic nitrogens is 3. The number of fused-ring (bicyclic) bond motifs is 3. The maximum Gasteiger partial charge on any atom is 0.291 e. The van der Waals surface area contributed by atoms with Gasteiger partial charge in [-0.1, -0.05) is 18.6 Å². The molecular weight excluding hydrogens is 360 g/mol. The van der Waals surface area contributed by atoms with E-state index in [2.05, 4.69) is 23.4 Å². The van der Waals surface area contributed by atoms with Gasteiger partial charge in [-0.2, -0.15) is 16.9 Å². The van der Waals surface area contributed by atoms with Crippen LogP contribution in [0.4, 0.5) is 0 Å². The molecule has 0 spiro atoms. The lowest BCUT2D eigenvalue weighted by Gasteiger charge is -2.09. The van der Waals surface area contributed by atoms with Crippen LogP contribution in [-0.4, -0.2) is 38.1 Å². The van der Waals surface area contributed by atoms with Crippen LogP contribution in [0.15, 0.2) is 29.1 Å². The molecule has 2 heterocycles. The Morgan fingerprint density at radius 2 is 2.00 bits per heavy atom. The van der Waals surface area contributed by atoms with Crippen molar-refractivity contribution in [1.29, 1.82) is 0 Å². The Kier molecular flexibility index (Phi) is 6.21. The second-order valence-corrected chi connectivity index (χ2v) is 7.98. The molecule has 1 N–H and O–H groups in total. The summed E-state index contributed by atoms with van der Waals surface area (Å²) in [7, 11) is 0. The van der Waals surface area contributed by atoms with Crippen molar-refractivity contribution in [3.05, 3.63) is 46.0 Å². The van der Waals surface area contributed by atoms with Gasteiger partial charge in [0.1, 0.15) is 17.9 Å². The van der Waals surface area contributed by atoms with Gasteiger partial charge in [-0.25, -0.2) is 4.68 Å². The Balaban J connectivity index is 1.75. The van der Waals surface area contributed by atoms with Crippen LogP contribution in [-0.2, 0) is 11.3 Å². The van der Waals surface area contributed by atoms with E-state index in [0.717, 1.165) is 34.4 Å². The van der Waals surface area contributed by atoms with Gasteiger partial charge < -0.3 is 5.32 Å². The molecule has 1 aromatic carbocycles. The lowest BCUT2D eigenvalue weighted by Crippen LogP contribution is -2.35. The van der Waals surface area contributed by atoms with Crippen LogP contribution in [0, 0.1) is 13.8 Å². The number of hydrogen-bond donors (Lipinski definition) is 1. The zero-order valence-corrected chi connectivity index (χ0v) is 16.9. The van der Waals surface area contributed by atoms with Gasteiger partial charge in [-0.05, 0) is 56.4 Å². The third kappa shape index (κ3) is 4.35. The molecule has 7 heteroatoms. The van der Waals surface area contributed by atoms with E-state index in [4.69, 9.17) is 0 Å². The summed E-state index contributed by atoms with van der Waals surface area (Å²) in [5.74, 6) is 2.69. The van der Waals surface area contributed by atoms with Gasteiger partial charge in [-0.15, -0.1) is 0 Å². The largest absolute Gasteiger partial charge is 0.354 e. The summed E-state index contributed by atoms with van der Waals surface area (Å²) in [5, 5.41) is 8.24. The first kappa shape index (κ1) is 19.5. The number of rotatable bonds is 8. The molecule has 27 heavy (non-hydrogen) atoms. The molecule has 0 fully saturated rings. The smallest absolute Gasteiger partial charge is 0.291 e. The average molecular weight is 387 g/mol. The van der Waals surface area contributed by atoms with Crippen molar-refractivity contribution in [2.24, 2.45) is 0 Å². The molecule has 0 aliphatic carbocycles. The Labute approximate surface area is 162 Å². The van der Waals surface area contributed by atoms with Crippen molar-refractivity contribution in [3.63, 3.8) is 0 Å². The summed E-state index contributed by atoms with van der Waals surface area (Å²) < 4.78 is 3.12. The van der Waals surface area contributed by atoms with Gasteiger partial charge in [0.25, 0.3) is 5.56 Å². The molecule has 0 atom stereocenters. The number of carbonyl (C=O) groups is 1. The van der Waals surface area contributed by atoms with Gasteiger partial charge >= 0.3 is 0 Å². The molecule has 0 bridgehead atoms. The van der Waals surface area contributed by atoms with E-state index in [1.165, 1.54) is 11.1 Å². The van der Waals surface area contributed by atoms with Crippen molar-refractivity contribution in [3.8, 4) is 0 Å². The number of hydrogen-bond acceptors (Lipinski definition) is 4. The van der Waals surface area contributed by atoms with E-state index < -0.39 is 0 Å². The minimum Gasteiger partial charge on any atom is -0.354 e. The Hall–Kier alpha value is -2.28. The van der Waals surface area contributed by atoms with Crippen molar-refractivity contribution in [1.82, 2.24) is 19.5 Å². The zero-order valence-electron chi connectivity index (χ0n) is 16.1. The minimum absolute atomic E-state index is 0.0567. The maximum atomic E-state index is 12.8.